The summed E-state index contributed by atoms with van der Waals surface area (Å²) in [6, 6.07) is 20.6. The van der Waals surface area contributed by atoms with Crippen molar-refractivity contribution in [3.8, 4) is 0 Å². The quantitative estimate of drug-likeness (QED) is 0.115. The molecule has 2 aliphatic rings. The zero-order valence-electron chi connectivity index (χ0n) is 26.8. The third-order valence-electron chi connectivity index (χ3n) is 9.77. The first kappa shape index (κ1) is 31.4. The molecule has 232 valence electrons. The van der Waals surface area contributed by atoms with Crippen molar-refractivity contribution in [2.24, 2.45) is 5.41 Å². The molecule has 0 spiro atoms. The molecule has 2 aliphatic carbocycles. The van der Waals surface area contributed by atoms with Crippen molar-refractivity contribution in [3.05, 3.63) is 148 Å². The smallest absolute Gasteiger partial charge is 0.148 e. The van der Waals surface area contributed by atoms with Gasteiger partial charge >= 0.3 is 0 Å². The molecular formula is C43H40F2O. The van der Waals surface area contributed by atoms with Crippen molar-refractivity contribution in [2.45, 2.75) is 71.1 Å². The van der Waals surface area contributed by atoms with E-state index in [4.69, 9.17) is 0 Å². The van der Waals surface area contributed by atoms with Gasteiger partial charge in [0.15, 0.2) is 0 Å². The van der Waals surface area contributed by atoms with Crippen LogP contribution in [0.15, 0.2) is 96.9 Å². The molecule has 0 saturated heterocycles. The van der Waals surface area contributed by atoms with E-state index in [0.717, 1.165) is 82.7 Å². The molecule has 0 N–H and O–H groups in total. The van der Waals surface area contributed by atoms with Crippen LogP contribution < -0.4 is 0 Å². The van der Waals surface area contributed by atoms with Crippen molar-refractivity contribution in [3.63, 3.8) is 0 Å². The van der Waals surface area contributed by atoms with Gasteiger partial charge in [0.05, 0.1) is 5.41 Å². The van der Waals surface area contributed by atoms with Crippen molar-refractivity contribution in [2.75, 3.05) is 0 Å². The standard InChI is InChI=1S/C43H40F2O/c1-5-9-33-24-34-11-8-10-30(40(34)27-38(33)28(4)6-2)16-17-32-13-12-29(22-41(32)45)23-42(46)43(20-21-43)36(7-3)25-35-18-19-37(44)26-39(35)31-14-15-31/h8,10-13,16-19,22,24,26-27,31H,2-3,5,9,14-15,20-21,23,25H2,1,4H3/b17-16-. The maximum atomic E-state index is 15.4. The molecule has 0 aromatic heterocycles. The maximum Gasteiger partial charge on any atom is 0.148 e. The largest absolute Gasteiger partial charge is 0.298 e. The monoisotopic (exact) mass is 610 g/mol. The fraction of sp³-hybridized carbons (Fsp3) is 0.279. The number of benzene rings is 4. The van der Waals surface area contributed by atoms with Gasteiger partial charge in [-0.25, -0.2) is 8.78 Å². The highest BCUT2D eigenvalue weighted by atomic mass is 19.1. The summed E-state index contributed by atoms with van der Waals surface area (Å²) >= 11 is 0. The van der Waals surface area contributed by atoms with E-state index in [1.807, 2.05) is 37.3 Å². The predicted molar refractivity (Wildman–Crippen MR) is 187 cm³/mol. The van der Waals surface area contributed by atoms with Crippen molar-refractivity contribution >= 4 is 34.3 Å². The predicted octanol–water partition coefficient (Wildman–Crippen LogP) is 11.2. The van der Waals surface area contributed by atoms with Gasteiger partial charge in [-0.3, -0.25) is 4.79 Å². The van der Waals surface area contributed by atoms with E-state index in [9.17, 15) is 9.18 Å². The van der Waals surface area contributed by atoms with Gasteiger partial charge in [-0.1, -0.05) is 81.1 Å². The minimum absolute atomic E-state index is 0.0642. The van der Waals surface area contributed by atoms with Crippen LogP contribution in [0.5, 0.6) is 0 Å². The van der Waals surface area contributed by atoms with Crippen LogP contribution in [0.25, 0.3) is 28.5 Å². The number of Topliss-reactive ketones (excluding diaryl/α,β-unsaturated/α-hetero) is 1. The molecule has 0 bridgehead atoms. The second-order valence-electron chi connectivity index (χ2n) is 13.0. The lowest BCUT2D eigenvalue weighted by molar-refractivity contribution is -0.122. The highest BCUT2D eigenvalue weighted by Gasteiger charge is 2.52. The molecule has 0 radical (unpaired) electrons. The molecule has 4 aromatic rings. The Bertz CT molecular complexity index is 1970. The summed E-state index contributed by atoms with van der Waals surface area (Å²) in [5.74, 6) is -0.124. The van der Waals surface area contributed by atoms with Gasteiger partial charge in [-0.15, -0.1) is 11.5 Å². The number of aryl methyl sites for hydroxylation is 1. The number of ketones is 1. The van der Waals surface area contributed by atoms with Crippen molar-refractivity contribution in [1.29, 1.82) is 0 Å². The van der Waals surface area contributed by atoms with E-state index in [-0.39, 0.29) is 23.8 Å². The van der Waals surface area contributed by atoms with Crippen LogP contribution in [-0.4, -0.2) is 5.78 Å². The fourth-order valence-corrected chi connectivity index (χ4v) is 6.78. The first-order valence-electron chi connectivity index (χ1n) is 16.4. The van der Waals surface area contributed by atoms with Gasteiger partial charge < -0.3 is 0 Å². The Labute approximate surface area is 271 Å². The molecule has 0 amide bonds. The van der Waals surface area contributed by atoms with E-state index in [2.05, 4.69) is 49.7 Å². The zero-order valence-corrected chi connectivity index (χ0v) is 26.8. The number of halogens is 2. The van der Waals surface area contributed by atoms with Gasteiger partial charge in [0.25, 0.3) is 0 Å². The zero-order chi connectivity index (χ0) is 32.4. The van der Waals surface area contributed by atoms with Gasteiger partial charge in [0.2, 0.25) is 0 Å². The van der Waals surface area contributed by atoms with E-state index in [1.54, 1.807) is 18.2 Å². The highest BCUT2D eigenvalue weighted by molar-refractivity contribution is 5.96. The summed E-state index contributed by atoms with van der Waals surface area (Å²) in [4.78, 5) is 13.7. The molecule has 2 saturated carbocycles. The van der Waals surface area contributed by atoms with Crippen LogP contribution >= 0.6 is 0 Å². The molecule has 4 aromatic carbocycles. The van der Waals surface area contributed by atoms with E-state index < -0.39 is 5.41 Å². The van der Waals surface area contributed by atoms with Crippen LogP contribution in [0.1, 0.15) is 90.8 Å². The summed E-state index contributed by atoms with van der Waals surface area (Å²) in [5.41, 5.74) is 14.0. The van der Waals surface area contributed by atoms with Gasteiger partial charge in [-0.05, 0) is 125 Å². The SMILES string of the molecule is C=C=C(C)c1cc2c(/C=C\c3ccc(CC(=O)C4(C(=C=C)Cc5ccc(F)cc5C5CC5)CC4)cc3F)cccc2cc1CCC. The van der Waals surface area contributed by atoms with Crippen LogP contribution in [-0.2, 0) is 24.1 Å². The Balaban J connectivity index is 1.20. The number of carbonyl (C=O) groups excluding carboxylic acids is 1. The van der Waals surface area contributed by atoms with Crippen LogP contribution in [0.3, 0.4) is 0 Å². The lowest BCUT2D eigenvalue weighted by Gasteiger charge is -2.19. The minimum Gasteiger partial charge on any atom is -0.298 e. The molecule has 0 atom stereocenters. The Morgan fingerprint density at radius 2 is 1.70 bits per heavy atom. The summed E-state index contributed by atoms with van der Waals surface area (Å²) in [5, 5.41) is 2.24. The fourth-order valence-electron chi connectivity index (χ4n) is 6.78. The lowest BCUT2D eigenvalue weighted by atomic mass is 9.83. The Morgan fingerprint density at radius 3 is 2.37 bits per heavy atom. The molecule has 0 aliphatic heterocycles. The number of hydrogen-bond donors (Lipinski definition) is 0. The van der Waals surface area contributed by atoms with Crippen LogP contribution in [0, 0.1) is 17.0 Å². The number of fused-ring (bicyclic) bond motifs is 1. The topological polar surface area (TPSA) is 17.1 Å². The van der Waals surface area contributed by atoms with Crippen molar-refractivity contribution < 1.29 is 13.6 Å². The molecule has 2 fully saturated rings. The Hall–Kier alpha value is -4.55. The normalized spacial score (nSPS) is 15.0. The summed E-state index contributed by atoms with van der Waals surface area (Å²) in [6.07, 6.45) is 10.1. The van der Waals surface area contributed by atoms with Crippen LogP contribution in [0.4, 0.5) is 8.78 Å². The second-order valence-corrected chi connectivity index (χ2v) is 13.0. The molecule has 3 heteroatoms. The molecule has 0 heterocycles. The molecule has 0 unspecified atom stereocenters. The summed E-state index contributed by atoms with van der Waals surface area (Å²) in [6.45, 7) is 12.0. The molecular weight excluding hydrogens is 570 g/mol. The number of rotatable bonds is 12. The minimum atomic E-state index is -0.616. The van der Waals surface area contributed by atoms with Gasteiger partial charge in [0, 0.05) is 18.4 Å². The number of allylic oxidation sites excluding steroid dienone is 2. The third kappa shape index (κ3) is 6.40. The number of hydrogen-bond acceptors (Lipinski definition) is 1. The third-order valence-corrected chi connectivity index (χ3v) is 9.77. The van der Waals surface area contributed by atoms with E-state index in [1.165, 1.54) is 17.7 Å². The maximum absolute atomic E-state index is 15.4. The molecule has 6 rings (SSSR count). The summed E-state index contributed by atoms with van der Waals surface area (Å²) in [7, 11) is 0. The first-order valence-corrected chi connectivity index (χ1v) is 16.4. The van der Waals surface area contributed by atoms with E-state index in [0.29, 0.717) is 23.5 Å². The van der Waals surface area contributed by atoms with Crippen LogP contribution in [0.2, 0.25) is 0 Å². The average Bonchev–Trinajstić information content (AvgIpc) is 3.98. The Kier molecular flexibility index (Phi) is 8.92. The molecule has 1 nitrogen and oxygen atoms in total. The van der Waals surface area contributed by atoms with Gasteiger partial charge in [0.1, 0.15) is 17.4 Å². The summed E-state index contributed by atoms with van der Waals surface area (Å²) < 4.78 is 29.4. The van der Waals surface area contributed by atoms with Crippen molar-refractivity contribution in [1.82, 2.24) is 0 Å². The molecule has 46 heavy (non-hydrogen) atoms. The van der Waals surface area contributed by atoms with E-state index >= 15 is 4.39 Å². The lowest BCUT2D eigenvalue weighted by Crippen LogP contribution is -2.22. The second kappa shape index (κ2) is 13.1. The van der Waals surface area contributed by atoms with Gasteiger partial charge in [-0.2, -0.15) is 0 Å². The average molecular weight is 611 g/mol. The highest BCUT2D eigenvalue weighted by Crippen LogP contribution is 2.54. The Morgan fingerprint density at radius 1 is 0.913 bits per heavy atom. The first-order chi connectivity index (χ1) is 22.3. The number of carbonyl (C=O) groups is 1.